The highest BCUT2D eigenvalue weighted by atomic mass is 32.3. The summed E-state index contributed by atoms with van der Waals surface area (Å²) < 4.78 is 198. The fraction of sp³-hybridized carbons (Fsp3) is 0.200. The minimum absolute atomic E-state index is 0.0650. The van der Waals surface area contributed by atoms with Crippen LogP contribution in [0.4, 0.5) is 45.5 Å². The lowest BCUT2D eigenvalue weighted by molar-refractivity contribution is -0.434. The number of hydrogen-bond donors (Lipinski definition) is 7. The van der Waals surface area contributed by atoms with Gasteiger partial charge in [-0.15, -0.1) is 34.2 Å². The molecule has 0 fully saturated rings. The van der Waals surface area contributed by atoms with Crippen molar-refractivity contribution in [1.82, 2.24) is 0 Å². The number of rotatable bonds is 27. The second kappa shape index (κ2) is 24.6. The van der Waals surface area contributed by atoms with Gasteiger partial charge >= 0.3 is 10.4 Å². The summed E-state index contributed by atoms with van der Waals surface area (Å²) in [6, 6.07) is 9.73. The number of hydrogen-bond acceptors (Lipinski definition) is 31. The number of sulfone groups is 3. The molecule has 0 radical (unpaired) electrons. The third kappa shape index (κ3) is 16.9. The summed E-state index contributed by atoms with van der Waals surface area (Å²) in [6.45, 7) is -2.06. The van der Waals surface area contributed by atoms with Gasteiger partial charge in [0.15, 0.2) is 54.2 Å². The van der Waals surface area contributed by atoms with E-state index in [9.17, 15) is 59.6 Å². The van der Waals surface area contributed by atoms with E-state index < -0.39 is 157 Å². The standard InChI is InChI=1S/C30H32N8O24S8/c31-28-24(36-34-22-7-5-20(15-26(22)68(47,48)49)66(43,44)12-9-56-63-61-59-39)17-25(29(32)30(28)38-33-18-1-3-19(4-2-18)65(41,42)14-11-58-70(53,54)55)37-35-23-8-6-21(16-27(23)69(50,51)52)67(45,46)13-10-57-64-62-60-40/h1-8,15-17,39-40H,9-14,31-32H2,(H,47,48,49)(H,50,51,52)(H,53,54,55). The molecule has 70 heavy (non-hydrogen) atoms. The molecule has 4 aromatic carbocycles. The first kappa shape index (κ1) is 57.8. The zero-order valence-electron chi connectivity index (χ0n) is 34.2. The molecule has 0 aromatic heterocycles. The topological polar surface area (TPSA) is 497 Å². The van der Waals surface area contributed by atoms with Gasteiger partial charge in [0.25, 0.3) is 20.2 Å². The lowest BCUT2D eigenvalue weighted by atomic mass is 10.2. The normalized spacial score (nSPS) is 13.3. The summed E-state index contributed by atoms with van der Waals surface area (Å²) >= 11 is 0.130. The van der Waals surface area contributed by atoms with Crippen LogP contribution in [0.5, 0.6) is 0 Å². The number of benzene rings is 4. The second-order valence-electron chi connectivity index (χ2n) is 12.7. The van der Waals surface area contributed by atoms with Gasteiger partial charge < -0.3 is 11.5 Å². The van der Waals surface area contributed by atoms with Gasteiger partial charge in [-0.1, -0.05) is 10.1 Å². The van der Waals surface area contributed by atoms with Crippen LogP contribution in [0.2, 0.25) is 0 Å². The van der Waals surface area contributed by atoms with E-state index in [-0.39, 0.29) is 35.2 Å². The Morgan fingerprint density at radius 3 is 1.26 bits per heavy atom. The average molecular weight is 1150 g/mol. The van der Waals surface area contributed by atoms with Gasteiger partial charge in [-0.05, 0) is 66.7 Å². The molecule has 0 unspecified atom stereocenters. The molecule has 0 aliphatic carbocycles. The van der Waals surface area contributed by atoms with Crippen LogP contribution in [0.3, 0.4) is 0 Å². The molecule has 0 amide bonds. The molecule has 32 nitrogen and oxygen atoms in total. The number of anilines is 2. The van der Waals surface area contributed by atoms with E-state index in [2.05, 4.69) is 53.6 Å². The molecule has 0 heterocycles. The van der Waals surface area contributed by atoms with Gasteiger partial charge in [0, 0.05) is 0 Å². The highest BCUT2D eigenvalue weighted by molar-refractivity contribution is 7.92. The molecule has 40 heteroatoms. The molecule has 0 aliphatic rings. The first-order chi connectivity index (χ1) is 32.6. The molecule has 0 spiro atoms. The van der Waals surface area contributed by atoms with Crippen LogP contribution >= 0.6 is 24.6 Å². The first-order valence-corrected chi connectivity index (χ1v) is 28.3. The van der Waals surface area contributed by atoms with Gasteiger partial charge in [0.1, 0.15) is 38.2 Å². The molecule has 4 rings (SSSR count). The molecule has 0 aliphatic heterocycles. The van der Waals surface area contributed by atoms with E-state index in [1.54, 1.807) is 0 Å². The Labute approximate surface area is 404 Å². The number of nitrogen functional groups attached to an aromatic ring is 2. The van der Waals surface area contributed by atoms with Crippen molar-refractivity contribution in [2.24, 2.45) is 30.7 Å². The van der Waals surface area contributed by atoms with Gasteiger partial charge in [0.2, 0.25) is 0 Å². The Bertz CT molecular complexity index is 3170. The summed E-state index contributed by atoms with van der Waals surface area (Å²) in [5.74, 6) is -2.43. The van der Waals surface area contributed by atoms with Crippen LogP contribution in [-0.4, -0.2) is 112 Å². The summed E-state index contributed by atoms with van der Waals surface area (Å²) in [7, 11) is -28.3. The molecular weight excluding hydrogens is 1110 g/mol. The van der Waals surface area contributed by atoms with Crippen LogP contribution in [0.1, 0.15) is 0 Å². The molecule has 0 bridgehead atoms. The van der Waals surface area contributed by atoms with Crippen molar-refractivity contribution in [1.29, 1.82) is 0 Å². The fourth-order valence-corrected chi connectivity index (χ4v) is 10.8. The van der Waals surface area contributed by atoms with Crippen molar-refractivity contribution in [3.8, 4) is 0 Å². The number of azo groups is 3. The SMILES string of the molecule is Nc1c(N=Nc2ccc(S(=O)(=O)CCOSOOO)cc2S(=O)(=O)O)cc(N=Nc2ccc(S(=O)(=O)CCOSOOO)cc2S(=O)(=O)O)c(N)c1N=Nc1ccc(S(=O)(=O)CCOS(=O)(=O)O)cc1. The molecule has 0 saturated carbocycles. The van der Waals surface area contributed by atoms with Crippen LogP contribution in [-0.2, 0) is 91.4 Å². The second-order valence-corrected chi connectivity index (χ2v) is 23.9. The van der Waals surface area contributed by atoms with Crippen LogP contribution in [0.25, 0.3) is 0 Å². The molecule has 0 atom stereocenters. The maximum Gasteiger partial charge on any atom is 0.397 e. The highest BCUT2D eigenvalue weighted by Gasteiger charge is 2.25. The minimum Gasteiger partial charge on any atom is -0.395 e. The molecule has 384 valence electrons. The van der Waals surface area contributed by atoms with E-state index in [0.717, 1.165) is 54.6 Å². The van der Waals surface area contributed by atoms with Crippen LogP contribution in [0, 0.1) is 0 Å². The van der Waals surface area contributed by atoms with E-state index in [1.165, 1.54) is 0 Å². The Morgan fingerprint density at radius 1 is 0.471 bits per heavy atom. The Balaban J connectivity index is 1.83. The molecule has 9 N–H and O–H groups in total. The van der Waals surface area contributed by atoms with E-state index in [1.807, 2.05) is 0 Å². The Hall–Kier alpha value is -4.80. The lowest BCUT2D eigenvalue weighted by Gasteiger charge is -2.10. The highest BCUT2D eigenvalue weighted by Crippen LogP contribution is 2.46. The summed E-state index contributed by atoms with van der Waals surface area (Å²) in [4.78, 5) is -3.82. The number of nitrogens with two attached hydrogens (primary N) is 2. The average Bonchev–Trinajstić information content (AvgIpc) is 3.27. The van der Waals surface area contributed by atoms with E-state index in [0.29, 0.717) is 12.1 Å². The third-order valence-corrected chi connectivity index (χ3v) is 16.2. The Kier molecular flexibility index (Phi) is 20.3. The maximum atomic E-state index is 12.9. The van der Waals surface area contributed by atoms with Crippen molar-refractivity contribution in [2.45, 2.75) is 24.5 Å². The predicted molar refractivity (Wildman–Crippen MR) is 237 cm³/mol. The third-order valence-electron chi connectivity index (χ3n) is 8.13. The maximum absolute atomic E-state index is 12.9. The van der Waals surface area contributed by atoms with Gasteiger partial charge in [-0.25, -0.2) is 40.0 Å². The zero-order chi connectivity index (χ0) is 52.1. The molecule has 0 saturated heterocycles. The van der Waals surface area contributed by atoms with Gasteiger partial charge in [-0.2, -0.15) is 30.4 Å². The summed E-state index contributed by atoms with van der Waals surface area (Å²) in [5.41, 5.74) is 8.66. The Morgan fingerprint density at radius 2 is 0.857 bits per heavy atom. The van der Waals surface area contributed by atoms with Crippen molar-refractivity contribution >= 4 is 130 Å². The monoisotopic (exact) mass is 1140 g/mol. The van der Waals surface area contributed by atoms with Crippen molar-refractivity contribution in [2.75, 3.05) is 48.5 Å². The zero-order valence-corrected chi connectivity index (χ0v) is 40.7. The largest absolute Gasteiger partial charge is 0.397 e. The van der Waals surface area contributed by atoms with Crippen molar-refractivity contribution < 1.29 is 106 Å². The predicted octanol–water partition coefficient (Wildman–Crippen LogP) is 4.73. The van der Waals surface area contributed by atoms with Gasteiger partial charge in [0.05, 0.1) is 68.8 Å². The number of nitrogens with zero attached hydrogens (tertiary/aromatic N) is 6. The fourth-order valence-electron chi connectivity index (χ4n) is 4.97. The van der Waals surface area contributed by atoms with Crippen molar-refractivity contribution in [3.63, 3.8) is 0 Å². The summed E-state index contributed by atoms with van der Waals surface area (Å²) in [5, 5.41) is 46.1. The smallest absolute Gasteiger partial charge is 0.395 e. The van der Waals surface area contributed by atoms with E-state index >= 15 is 0 Å². The van der Waals surface area contributed by atoms with Crippen LogP contribution < -0.4 is 11.5 Å². The quantitative estimate of drug-likeness (QED) is 0.00806. The van der Waals surface area contributed by atoms with Gasteiger partial charge in [-0.3, -0.25) is 22.0 Å². The minimum atomic E-state index is -5.27. The first-order valence-electron chi connectivity index (χ1n) is 17.7. The van der Waals surface area contributed by atoms with Crippen molar-refractivity contribution in [3.05, 3.63) is 66.7 Å². The molecule has 4 aromatic rings. The molecular formula is C30H32N8O24S8. The lowest BCUT2D eigenvalue weighted by Crippen LogP contribution is -2.15. The van der Waals surface area contributed by atoms with Crippen LogP contribution in [0.15, 0.2) is 122 Å². The van der Waals surface area contributed by atoms with E-state index in [4.69, 9.17) is 34.9 Å². The summed E-state index contributed by atoms with van der Waals surface area (Å²) in [6.07, 6.45) is 0.